The molecule has 0 radical (unpaired) electrons. The molecule has 0 heterocycles. The van der Waals surface area contributed by atoms with E-state index in [2.05, 4.69) is 0 Å². The Morgan fingerprint density at radius 2 is 2.00 bits per heavy atom. The number of benzene rings is 1. The van der Waals surface area contributed by atoms with Gasteiger partial charge in [-0.25, -0.2) is 0 Å². The Morgan fingerprint density at radius 3 is 2.60 bits per heavy atom. The first-order chi connectivity index (χ1) is 6.79. The highest BCUT2D eigenvalue weighted by Crippen LogP contribution is 2.25. The lowest BCUT2D eigenvalue weighted by atomic mass is 10.0. The Kier molecular flexibility index (Phi) is 7.13. The summed E-state index contributed by atoms with van der Waals surface area (Å²) in [5.74, 6) is 0.858. The Bertz CT molecular complexity index is 281. The number of nitrogens with two attached hydrogens (primary N) is 2. The maximum absolute atomic E-state index is 6.02. The van der Waals surface area contributed by atoms with Crippen LogP contribution in [0.1, 0.15) is 24.4 Å². The van der Waals surface area contributed by atoms with E-state index in [0.29, 0.717) is 6.54 Å². The number of halogens is 1. The van der Waals surface area contributed by atoms with E-state index in [9.17, 15) is 0 Å². The molecule has 4 heteroatoms. The summed E-state index contributed by atoms with van der Waals surface area (Å²) in [7, 11) is 1.66. The molecule has 0 unspecified atom stereocenters. The number of hydrogen-bond acceptors (Lipinski definition) is 3. The van der Waals surface area contributed by atoms with E-state index >= 15 is 0 Å². The van der Waals surface area contributed by atoms with Crippen molar-refractivity contribution < 1.29 is 4.74 Å². The molecule has 1 atom stereocenters. The van der Waals surface area contributed by atoms with Gasteiger partial charge in [0.1, 0.15) is 5.75 Å². The summed E-state index contributed by atoms with van der Waals surface area (Å²) in [6.45, 7) is 0.683. The van der Waals surface area contributed by atoms with Crippen LogP contribution in [0, 0.1) is 0 Å². The number of methoxy groups -OCH3 is 1. The highest BCUT2D eigenvalue weighted by Gasteiger charge is 2.09. The van der Waals surface area contributed by atoms with Gasteiger partial charge in [0, 0.05) is 11.6 Å². The second kappa shape index (κ2) is 7.51. The van der Waals surface area contributed by atoms with Crippen LogP contribution >= 0.6 is 12.4 Å². The third kappa shape index (κ3) is 4.08. The molecule has 1 aromatic carbocycles. The van der Waals surface area contributed by atoms with Gasteiger partial charge in [0.25, 0.3) is 0 Å². The molecule has 4 N–H and O–H groups in total. The van der Waals surface area contributed by atoms with Crippen LogP contribution in [0.5, 0.6) is 5.75 Å². The van der Waals surface area contributed by atoms with Crippen molar-refractivity contribution in [3.63, 3.8) is 0 Å². The van der Waals surface area contributed by atoms with Crippen LogP contribution < -0.4 is 16.2 Å². The minimum Gasteiger partial charge on any atom is -0.496 e. The van der Waals surface area contributed by atoms with Gasteiger partial charge in [-0.3, -0.25) is 0 Å². The second-order valence-electron chi connectivity index (χ2n) is 3.28. The zero-order valence-corrected chi connectivity index (χ0v) is 9.80. The lowest BCUT2D eigenvalue weighted by Crippen LogP contribution is -2.13. The molecular weight excluding hydrogens is 212 g/mol. The van der Waals surface area contributed by atoms with Crippen molar-refractivity contribution >= 4 is 12.4 Å². The number of hydrogen-bond donors (Lipinski definition) is 2. The molecule has 0 fully saturated rings. The quantitative estimate of drug-likeness (QED) is 0.812. The van der Waals surface area contributed by atoms with Gasteiger partial charge >= 0.3 is 0 Å². The largest absolute Gasteiger partial charge is 0.496 e. The SMILES string of the molecule is COc1ccccc1[C@H](N)CCCN.Cl. The Hall–Kier alpha value is -0.770. The van der Waals surface area contributed by atoms with E-state index in [-0.39, 0.29) is 18.4 Å². The third-order valence-electron chi connectivity index (χ3n) is 2.26. The molecule has 0 aromatic heterocycles. The highest BCUT2D eigenvalue weighted by atomic mass is 35.5. The number of ether oxygens (including phenoxy) is 1. The second-order valence-corrected chi connectivity index (χ2v) is 3.28. The fourth-order valence-electron chi connectivity index (χ4n) is 1.47. The van der Waals surface area contributed by atoms with Crippen LogP contribution in [0.25, 0.3) is 0 Å². The summed E-state index contributed by atoms with van der Waals surface area (Å²) in [4.78, 5) is 0. The molecule has 15 heavy (non-hydrogen) atoms. The lowest BCUT2D eigenvalue weighted by Gasteiger charge is -2.14. The molecule has 1 rings (SSSR count). The van der Waals surface area contributed by atoms with Gasteiger partial charge in [-0.15, -0.1) is 12.4 Å². The summed E-state index contributed by atoms with van der Waals surface area (Å²) in [5, 5.41) is 0. The summed E-state index contributed by atoms with van der Waals surface area (Å²) in [6.07, 6.45) is 1.84. The molecular formula is C11H19ClN2O. The Balaban J connectivity index is 0.00000196. The summed E-state index contributed by atoms with van der Waals surface area (Å²) in [5.41, 5.74) is 12.5. The molecule has 0 saturated carbocycles. The number of para-hydroxylation sites is 1. The lowest BCUT2D eigenvalue weighted by molar-refractivity contribution is 0.403. The van der Waals surface area contributed by atoms with Crippen LogP contribution in [0.4, 0.5) is 0 Å². The van der Waals surface area contributed by atoms with E-state index in [1.165, 1.54) is 0 Å². The Labute approximate surface area is 97.2 Å². The molecule has 1 aromatic rings. The molecule has 0 amide bonds. The minimum atomic E-state index is 0. The van der Waals surface area contributed by atoms with Crippen LogP contribution in [0.3, 0.4) is 0 Å². The zero-order valence-electron chi connectivity index (χ0n) is 8.98. The highest BCUT2D eigenvalue weighted by molar-refractivity contribution is 5.85. The Morgan fingerprint density at radius 1 is 1.33 bits per heavy atom. The van der Waals surface area contributed by atoms with E-state index in [1.807, 2.05) is 24.3 Å². The summed E-state index contributed by atoms with van der Waals surface area (Å²) >= 11 is 0. The maximum atomic E-state index is 6.02. The fraction of sp³-hybridized carbons (Fsp3) is 0.455. The summed E-state index contributed by atoms with van der Waals surface area (Å²) < 4.78 is 5.24. The van der Waals surface area contributed by atoms with E-state index in [4.69, 9.17) is 16.2 Å². The molecule has 0 saturated heterocycles. The number of rotatable bonds is 5. The minimum absolute atomic E-state index is 0. The molecule has 86 valence electrons. The molecule has 0 aliphatic carbocycles. The van der Waals surface area contributed by atoms with E-state index in [1.54, 1.807) is 7.11 Å². The van der Waals surface area contributed by atoms with Crippen LogP contribution in [0.15, 0.2) is 24.3 Å². The smallest absolute Gasteiger partial charge is 0.123 e. The first-order valence-corrected chi connectivity index (χ1v) is 4.88. The van der Waals surface area contributed by atoms with Crippen molar-refractivity contribution in [1.82, 2.24) is 0 Å². The molecule has 0 aliphatic heterocycles. The first kappa shape index (κ1) is 14.2. The average molecular weight is 231 g/mol. The van der Waals surface area contributed by atoms with E-state index < -0.39 is 0 Å². The van der Waals surface area contributed by atoms with Crippen molar-refractivity contribution in [2.24, 2.45) is 11.5 Å². The monoisotopic (exact) mass is 230 g/mol. The molecule has 0 aliphatic rings. The molecule has 3 nitrogen and oxygen atoms in total. The van der Waals surface area contributed by atoms with Gasteiger partial charge in [0.05, 0.1) is 7.11 Å². The van der Waals surface area contributed by atoms with Crippen molar-refractivity contribution in [3.8, 4) is 5.75 Å². The third-order valence-corrected chi connectivity index (χ3v) is 2.26. The van der Waals surface area contributed by atoms with Gasteiger partial charge in [-0.1, -0.05) is 18.2 Å². The summed E-state index contributed by atoms with van der Waals surface area (Å²) in [6, 6.07) is 7.87. The van der Waals surface area contributed by atoms with Crippen molar-refractivity contribution in [2.45, 2.75) is 18.9 Å². The zero-order chi connectivity index (χ0) is 10.4. The standard InChI is InChI=1S/C11H18N2O.ClH/c1-14-11-7-3-2-5-9(11)10(13)6-4-8-12;/h2-3,5,7,10H,4,6,8,12-13H2,1H3;1H/t10-;/m1./s1. The average Bonchev–Trinajstić information content (AvgIpc) is 2.25. The van der Waals surface area contributed by atoms with Crippen molar-refractivity contribution in [1.29, 1.82) is 0 Å². The predicted octanol–water partition coefficient (Wildman–Crippen LogP) is 1.86. The fourth-order valence-corrected chi connectivity index (χ4v) is 1.47. The predicted molar refractivity (Wildman–Crippen MR) is 65.5 cm³/mol. The van der Waals surface area contributed by atoms with Gasteiger partial charge < -0.3 is 16.2 Å². The van der Waals surface area contributed by atoms with Crippen molar-refractivity contribution in [3.05, 3.63) is 29.8 Å². The molecule has 0 spiro atoms. The maximum Gasteiger partial charge on any atom is 0.123 e. The van der Waals surface area contributed by atoms with Gasteiger partial charge in [-0.2, -0.15) is 0 Å². The van der Waals surface area contributed by atoms with Gasteiger partial charge in [0.2, 0.25) is 0 Å². The topological polar surface area (TPSA) is 61.3 Å². The van der Waals surface area contributed by atoms with E-state index in [0.717, 1.165) is 24.2 Å². The molecule has 0 bridgehead atoms. The first-order valence-electron chi connectivity index (χ1n) is 4.88. The van der Waals surface area contributed by atoms with Crippen LogP contribution in [0.2, 0.25) is 0 Å². The normalized spacial score (nSPS) is 11.7. The van der Waals surface area contributed by atoms with Crippen LogP contribution in [-0.4, -0.2) is 13.7 Å². The van der Waals surface area contributed by atoms with Crippen LogP contribution in [-0.2, 0) is 0 Å². The van der Waals surface area contributed by atoms with Gasteiger partial charge in [-0.05, 0) is 25.5 Å². The van der Waals surface area contributed by atoms with Gasteiger partial charge in [0.15, 0.2) is 0 Å². The van der Waals surface area contributed by atoms with Crippen molar-refractivity contribution in [2.75, 3.05) is 13.7 Å².